The van der Waals surface area contributed by atoms with E-state index in [1.165, 1.54) is 6.92 Å². The van der Waals surface area contributed by atoms with E-state index in [9.17, 15) is 14.5 Å². The van der Waals surface area contributed by atoms with Crippen LogP contribution in [-0.4, -0.2) is 11.6 Å². The van der Waals surface area contributed by atoms with Gasteiger partial charge >= 0.3 is 0 Å². The van der Waals surface area contributed by atoms with Gasteiger partial charge in [0.05, 0.1) is 5.56 Å². The molecule has 4 nitrogen and oxygen atoms in total. The lowest BCUT2D eigenvalue weighted by atomic mass is 9.98. The van der Waals surface area contributed by atoms with Gasteiger partial charge in [0.2, 0.25) is 0 Å². The van der Waals surface area contributed by atoms with E-state index in [-0.39, 0.29) is 11.5 Å². The molecule has 136 valence electrons. The summed E-state index contributed by atoms with van der Waals surface area (Å²) in [7, 11) is 0. The average molecular weight is 343 g/mol. The molecule has 0 heterocycles. The zero-order chi connectivity index (χ0) is 18.8. The average Bonchev–Trinajstić information content (AvgIpc) is 2.53. The van der Waals surface area contributed by atoms with Gasteiger partial charge in [-0.3, -0.25) is 9.59 Å². The lowest BCUT2D eigenvalue weighted by Crippen LogP contribution is -1.99. The number of ketones is 2. The Labute approximate surface area is 150 Å². The molecule has 0 radical (unpaired) electrons. The van der Waals surface area contributed by atoms with Crippen LogP contribution in [-0.2, 0) is 4.79 Å². The van der Waals surface area contributed by atoms with Gasteiger partial charge in [0.15, 0.2) is 5.78 Å². The van der Waals surface area contributed by atoms with Crippen LogP contribution < -0.4 is 0 Å². The molecule has 0 atom stereocenters. The number of Topliss-reactive ketones (excluding diaryl/α,β-unsaturated/α-hetero) is 2. The first-order valence-corrected chi connectivity index (χ1v) is 9.02. The van der Waals surface area contributed by atoms with Crippen molar-refractivity contribution in [2.24, 2.45) is 11.1 Å². The van der Waals surface area contributed by atoms with Crippen molar-refractivity contribution in [3.05, 3.63) is 39.8 Å². The molecule has 0 saturated heterocycles. The molecule has 0 saturated carbocycles. The van der Waals surface area contributed by atoms with E-state index < -0.39 is 0 Å². The van der Waals surface area contributed by atoms with Crippen molar-refractivity contribution in [3.8, 4) is 0 Å². The van der Waals surface area contributed by atoms with Gasteiger partial charge in [0, 0.05) is 12.8 Å². The largest absolute Gasteiger partial charge is 0.300 e. The molecular weight excluding hydrogens is 314 g/mol. The van der Waals surface area contributed by atoms with Crippen molar-refractivity contribution >= 4 is 23.3 Å². The van der Waals surface area contributed by atoms with E-state index in [2.05, 4.69) is 19.0 Å². The maximum atomic E-state index is 11.8. The fraction of sp³-hybridized carbons (Fsp3) is 0.524. The zero-order valence-electron chi connectivity index (χ0n) is 15.8. The first-order chi connectivity index (χ1) is 11.8. The summed E-state index contributed by atoms with van der Waals surface area (Å²) in [5.41, 5.74) is 2.15. The predicted octanol–water partition coefficient (Wildman–Crippen LogP) is 6.17. The third kappa shape index (κ3) is 7.55. The van der Waals surface area contributed by atoms with Crippen LogP contribution in [0.25, 0.3) is 6.08 Å². The molecule has 1 rings (SSSR count). The zero-order valence-corrected chi connectivity index (χ0v) is 15.8. The molecule has 25 heavy (non-hydrogen) atoms. The molecule has 0 aliphatic heterocycles. The first-order valence-electron chi connectivity index (χ1n) is 9.02. The summed E-state index contributed by atoms with van der Waals surface area (Å²) in [6, 6.07) is 3.50. The lowest BCUT2D eigenvalue weighted by Gasteiger charge is -2.07. The minimum Gasteiger partial charge on any atom is -0.300 e. The Balaban J connectivity index is 2.57. The van der Waals surface area contributed by atoms with Crippen LogP contribution in [0, 0.1) is 17.7 Å². The van der Waals surface area contributed by atoms with Crippen LogP contribution in [0.5, 0.6) is 0 Å². The van der Waals surface area contributed by atoms with Gasteiger partial charge in [0.25, 0.3) is 0 Å². The Hall–Kier alpha value is -2.10. The van der Waals surface area contributed by atoms with Gasteiger partial charge < -0.3 is 0 Å². The third-order valence-corrected chi connectivity index (χ3v) is 4.10. The second kappa shape index (κ2) is 10.7. The number of hydrogen-bond donors (Lipinski definition) is 0. The molecule has 0 N–H and O–H groups in total. The second-order valence-electron chi connectivity index (χ2n) is 7.02. The fourth-order valence-corrected chi connectivity index (χ4v) is 2.84. The number of carbonyl (C=O) groups is 2. The summed E-state index contributed by atoms with van der Waals surface area (Å²) < 4.78 is 0. The fourth-order valence-electron chi connectivity index (χ4n) is 2.84. The highest BCUT2D eigenvalue weighted by molar-refractivity contribution is 6.02. The number of nitroso groups, excluding NO2 is 1. The van der Waals surface area contributed by atoms with Crippen LogP contribution in [0.2, 0.25) is 0 Å². The van der Waals surface area contributed by atoms with Crippen molar-refractivity contribution in [1.29, 1.82) is 0 Å². The summed E-state index contributed by atoms with van der Waals surface area (Å²) in [6.45, 7) is 7.64. The summed E-state index contributed by atoms with van der Waals surface area (Å²) in [4.78, 5) is 34.6. The molecule has 0 unspecified atom stereocenters. The van der Waals surface area contributed by atoms with Crippen molar-refractivity contribution < 1.29 is 9.59 Å². The van der Waals surface area contributed by atoms with E-state index in [1.807, 2.05) is 25.1 Å². The number of aryl methyl sites for hydroxylation is 1. The topological polar surface area (TPSA) is 63.6 Å². The molecular formula is C21H29NO3. The molecule has 0 aliphatic rings. The number of hydrogen-bond acceptors (Lipinski definition) is 4. The molecule has 0 amide bonds. The lowest BCUT2D eigenvalue weighted by molar-refractivity contribution is -0.119. The Morgan fingerprint density at radius 2 is 1.84 bits per heavy atom. The van der Waals surface area contributed by atoms with Crippen molar-refractivity contribution in [2.75, 3.05) is 0 Å². The molecule has 0 spiro atoms. The van der Waals surface area contributed by atoms with E-state index in [0.717, 1.165) is 31.2 Å². The highest BCUT2D eigenvalue weighted by Crippen LogP contribution is 2.27. The van der Waals surface area contributed by atoms with Crippen molar-refractivity contribution in [3.63, 3.8) is 0 Å². The van der Waals surface area contributed by atoms with Crippen LogP contribution in [0.4, 0.5) is 5.69 Å². The number of allylic oxidation sites excluding steroid dienone is 1. The van der Waals surface area contributed by atoms with Crippen LogP contribution >= 0.6 is 0 Å². The molecule has 0 aromatic heterocycles. The molecule has 1 aromatic carbocycles. The minimum atomic E-state index is -0.172. The molecule has 0 bridgehead atoms. The minimum absolute atomic E-state index is 0.172. The molecule has 4 heteroatoms. The summed E-state index contributed by atoms with van der Waals surface area (Å²) in [5.74, 6) is 0.794. The number of unbranched alkanes of at least 4 members (excludes halogenated alkanes) is 1. The third-order valence-electron chi connectivity index (χ3n) is 4.10. The monoisotopic (exact) mass is 343 g/mol. The normalized spacial score (nSPS) is 11.2. The number of carbonyl (C=O) groups excluding carboxylic acids is 2. The standard InChI is InChI=1S/C21H29NO3/c1-15(2)9-8-12-19(24)11-7-5-6-10-18-13-16(3)14-20(22-25)21(18)17(4)23/h6,10,13-15H,5,7-9,11-12H2,1-4H3/b10-6+. The van der Waals surface area contributed by atoms with Gasteiger partial charge in [-0.2, -0.15) is 0 Å². The Morgan fingerprint density at radius 3 is 2.44 bits per heavy atom. The van der Waals surface area contributed by atoms with Gasteiger partial charge in [-0.25, -0.2) is 0 Å². The van der Waals surface area contributed by atoms with E-state index >= 15 is 0 Å². The maximum absolute atomic E-state index is 11.8. The van der Waals surface area contributed by atoms with E-state index in [0.29, 0.717) is 35.7 Å². The Morgan fingerprint density at radius 1 is 1.16 bits per heavy atom. The highest BCUT2D eigenvalue weighted by Gasteiger charge is 2.13. The van der Waals surface area contributed by atoms with Gasteiger partial charge in [-0.1, -0.05) is 38.5 Å². The first kappa shape index (κ1) is 20.9. The second-order valence-corrected chi connectivity index (χ2v) is 7.02. The van der Waals surface area contributed by atoms with Gasteiger partial charge in [-0.05, 0) is 61.4 Å². The van der Waals surface area contributed by atoms with Crippen LogP contribution in [0.3, 0.4) is 0 Å². The Kier molecular flexibility index (Phi) is 8.96. The quantitative estimate of drug-likeness (QED) is 0.274. The number of rotatable bonds is 11. The van der Waals surface area contributed by atoms with Gasteiger partial charge in [0.1, 0.15) is 11.5 Å². The van der Waals surface area contributed by atoms with Crippen molar-refractivity contribution in [2.45, 2.75) is 66.2 Å². The number of benzene rings is 1. The van der Waals surface area contributed by atoms with Crippen LogP contribution in [0.15, 0.2) is 23.4 Å². The SMILES string of the molecule is CC(=O)c1c(/C=C/CCCC(=O)CCCC(C)C)cc(C)cc1N=O. The summed E-state index contributed by atoms with van der Waals surface area (Å²) in [6.07, 6.45) is 8.71. The molecule has 0 aliphatic carbocycles. The smallest absolute Gasteiger partial charge is 0.162 e. The predicted molar refractivity (Wildman–Crippen MR) is 103 cm³/mol. The van der Waals surface area contributed by atoms with Crippen molar-refractivity contribution in [1.82, 2.24) is 0 Å². The summed E-state index contributed by atoms with van der Waals surface area (Å²) in [5, 5.41) is 2.97. The highest BCUT2D eigenvalue weighted by atomic mass is 16.3. The van der Waals surface area contributed by atoms with Gasteiger partial charge in [-0.15, -0.1) is 4.91 Å². The van der Waals surface area contributed by atoms with E-state index in [4.69, 9.17) is 0 Å². The van der Waals surface area contributed by atoms with Crippen LogP contribution in [0.1, 0.15) is 80.8 Å². The number of nitrogens with zero attached hydrogens (tertiary/aromatic N) is 1. The molecule has 1 aromatic rings. The summed E-state index contributed by atoms with van der Waals surface area (Å²) >= 11 is 0. The Bertz CT molecular complexity index is 645. The molecule has 0 fully saturated rings. The van der Waals surface area contributed by atoms with E-state index in [1.54, 1.807) is 6.07 Å². The maximum Gasteiger partial charge on any atom is 0.162 e.